The highest BCUT2D eigenvalue weighted by Crippen LogP contribution is 2.51. The predicted molar refractivity (Wildman–Crippen MR) is 190 cm³/mol. The third-order valence-corrected chi connectivity index (χ3v) is 10.7. The Morgan fingerprint density at radius 2 is 1.46 bits per heavy atom. The van der Waals surface area contributed by atoms with Crippen LogP contribution in [0, 0.1) is 5.82 Å². The number of nitrogen functional groups attached to an aromatic ring is 1. The van der Waals surface area contributed by atoms with Crippen molar-refractivity contribution < 1.29 is 32.0 Å². The number of halogens is 1. The molecule has 0 bridgehead atoms. The maximum atomic E-state index is 13.9. The second kappa shape index (κ2) is 24.4. The van der Waals surface area contributed by atoms with Gasteiger partial charge in [0.1, 0.15) is 11.7 Å². The van der Waals surface area contributed by atoms with E-state index in [4.69, 9.17) is 28.8 Å². The SMILES string of the molecule is CCCCCCCCCOCCCCCCCCCCCOP(=O)(OCc1ccccc1)OC[C@H]1O[C@@H](n2cc(F)c(N)nc2=O)CS1. The van der Waals surface area contributed by atoms with Crippen molar-refractivity contribution in [2.24, 2.45) is 0 Å². The zero-order valence-corrected chi connectivity index (χ0v) is 30.4. The summed E-state index contributed by atoms with van der Waals surface area (Å²) in [5.74, 6) is -0.917. The molecule has 272 valence electrons. The third kappa shape index (κ3) is 16.7. The largest absolute Gasteiger partial charge is 0.475 e. The summed E-state index contributed by atoms with van der Waals surface area (Å²) >= 11 is 1.34. The lowest BCUT2D eigenvalue weighted by atomic mass is 10.1. The fourth-order valence-electron chi connectivity index (χ4n) is 5.32. The first-order valence-corrected chi connectivity index (χ1v) is 20.4. The highest BCUT2D eigenvalue weighted by molar-refractivity contribution is 8.00. The van der Waals surface area contributed by atoms with E-state index in [0.717, 1.165) is 55.2 Å². The van der Waals surface area contributed by atoms with E-state index in [1.807, 2.05) is 30.3 Å². The topological polar surface area (TPSA) is 124 Å². The minimum absolute atomic E-state index is 0.0660. The fourth-order valence-corrected chi connectivity index (χ4v) is 7.61. The van der Waals surface area contributed by atoms with Crippen LogP contribution in [0.15, 0.2) is 41.3 Å². The summed E-state index contributed by atoms with van der Waals surface area (Å²) in [6.07, 6.45) is 19.5. The van der Waals surface area contributed by atoms with Crippen LogP contribution in [0.1, 0.15) is 121 Å². The molecule has 1 aromatic heterocycles. The Balaban J connectivity index is 1.25. The van der Waals surface area contributed by atoms with Gasteiger partial charge in [-0.05, 0) is 24.8 Å². The number of thioether (sulfide) groups is 1. The molecular formula is C35H57FN3O7PS. The van der Waals surface area contributed by atoms with Crippen molar-refractivity contribution in [3.8, 4) is 0 Å². The Bertz CT molecular complexity index is 1240. The van der Waals surface area contributed by atoms with Crippen LogP contribution in [-0.2, 0) is 34.2 Å². The molecule has 13 heteroatoms. The quantitative estimate of drug-likeness (QED) is 0.0674. The molecule has 1 aromatic carbocycles. The second-order valence-corrected chi connectivity index (χ2v) is 15.1. The summed E-state index contributed by atoms with van der Waals surface area (Å²) < 4.78 is 57.2. The van der Waals surface area contributed by atoms with E-state index < -0.39 is 36.8 Å². The van der Waals surface area contributed by atoms with E-state index in [2.05, 4.69) is 11.9 Å². The number of anilines is 1. The highest BCUT2D eigenvalue weighted by atomic mass is 32.2. The van der Waals surface area contributed by atoms with Gasteiger partial charge in [0, 0.05) is 19.0 Å². The molecule has 3 atom stereocenters. The van der Waals surface area contributed by atoms with Crippen molar-refractivity contribution in [2.45, 2.75) is 128 Å². The molecule has 1 aliphatic heterocycles. The zero-order chi connectivity index (χ0) is 34.3. The first-order valence-electron chi connectivity index (χ1n) is 17.9. The van der Waals surface area contributed by atoms with E-state index in [1.54, 1.807) is 0 Å². The average molecular weight is 714 g/mol. The van der Waals surface area contributed by atoms with Gasteiger partial charge in [0.2, 0.25) is 0 Å². The van der Waals surface area contributed by atoms with Crippen LogP contribution in [0.25, 0.3) is 0 Å². The summed E-state index contributed by atoms with van der Waals surface area (Å²) in [5, 5.41) is 0. The lowest BCUT2D eigenvalue weighted by molar-refractivity contribution is -0.0115. The zero-order valence-electron chi connectivity index (χ0n) is 28.7. The molecule has 2 heterocycles. The Hall–Kier alpha value is -1.79. The number of nitrogens with zero attached hydrogens (tertiary/aromatic N) is 2. The molecule has 2 aromatic rings. The van der Waals surface area contributed by atoms with Crippen LogP contribution in [0.4, 0.5) is 10.2 Å². The number of rotatable bonds is 28. The van der Waals surface area contributed by atoms with Gasteiger partial charge >= 0.3 is 13.5 Å². The monoisotopic (exact) mass is 713 g/mol. The molecule has 0 aliphatic carbocycles. The van der Waals surface area contributed by atoms with Gasteiger partial charge in [-0.25, -0.2) is 13.8 Å². The van der Waals surface area contributed by atoms with Gasteiger partial charge in [-0.15, -0.1) is 11.8 Å². The van der Waals surface area contributed by atoms with Crippen LogP contribution < -0.4 is 11.4 Å². The van der Waals surface area contributed by atoms with E-state index in [0.29, 0.717) is 5.75 Å². The summed E-state index contributed by atoms with van der Waals surface area (Å²) in [4.78, 5) is 15.7. The predicted octanol–water partition coefficient (Wildman–Crippen LogP) is 9.19. The molecule has 0 radical (unpaired) electrons. The molecule has 3 rings (SSSR count). The van der Waals surface area contributed by atoms with Crippen molar-refractivity contribution in [2.75, 3.05) is 37.9 Å². The van der Waals surface area contributed by atoms with Gasteiger partial charge < -0.3 is 15.2 Å². The minimum Gasteiger partial charge on any atom is -0.381 e. The van der Waals surface area contributed by atoms with E-state index in [-0.39, 0.29) is 19.8 Å². The summed E-state index contributed by atoms with van der Waals surface area (Å²) in [6, 6.07) is 9.38. The van der Waals surface area contributed by atoms with Gasteiger partial charge in [0.15, 0.2) is 11.6 Å². The molecule has 1 unspecified atom stereocenters. The number of phosphoric ester groups is 1. The van der Waals surface area contributed by atoms with E-state index in [1.165, 1.54) is 88.8 Å². The van der Waals surface area contributed by atoms with Crippen LogP contribution in [0.5, 0.6) is 0 Å². The number of nitrogens with two attached hydrogens (primary N) is 1. The van der Waals surface area contributed by atoms with Gasteiger partial charge in [-0.2, -0.15) is 4.98 Å². The maximum absolute atomic E-state index is 13.9. The number of ether oxygens (including phenoxy) is 2. The second-order valence-electron chi connectivity index (χ2n) is 12.3. The smallest absolute Gasteiger partial charge is 0.381 e. The van der Waals surface area contributed by atoms with Gasteiger partial charge in [-0.3, -0.25) is 18.1 Å². The number of aromatic nitrogens is 2. The van der Waals surface area contributed by atoms with Crippen LogP contribution in [-0.4, -0.2) is 47.2 Å². The molecule has 1 fully saturated rings. The van der Waals surface area contributed by atoms with Crippen molar-refractivity contribution in [3.63, 3.8) is 0 Å². The van der Waals surface area contributed by atoms with Crippen LogP contribution in [0.3, 0.4) is 0 Å². The molecular weight excluding hydrogens is 656 g/mol. The molecule has 1 aliphatic rings. The Morgan fingerprint density at radius 3 is 2.08 bits per heavy atom. The van der Waals surface area contributed by atoms with Gasteiger partial charge in [0.05, 0.1) is 26.0 Å². The van der Waals surface area contributed by atoms with Gasteiger partial charge in [-0.1, -0.05) is 121 Å². The number of unbranched alkanes of at least 4 members (excludes halogenated alkanes) is 14. The summed E-state index contributed by atoms with van der Waals surface area (Å²) in [6.45, 7) is 4.26. The number of benzene rings is 1. The molecule has 48 heavy (non-hydrogen) atoms. The molecule has 10 nitrogen and oxygen atoms in total. The molecule has 2 N–H and O–H groups in total. The summed E-state index contributed by atoms with van der Waals surface area (Å²) in [7, 11) is -3.91. The number of phosphoric acid groups is 1. The number of hydrogen-bond donors (Lipinski definition) is 1. The lowest BCUT2D eigenvalue weighted by Gasteiger charge is -2.20. The van der Waals surface area contributed by atoms with Crippen molar-refractivity contribution in [1.82, 2.24) is 9.55 Å². The molecule has 0 spiro atoms. The molecule has 0 saturated carbocycles. The standard InChI is InChI=1S/C35H57FN3O7PS/c1-2-3-4-5-9-12-18-23-42-24-19-13-10-7-6-8-11-14-20-25-43-47(41,44-27-30-21-16-15-17-22-30)45-28-33-46-32(29-48-33)39-26-31(36)34(37)38-35(39)40/h15-17,21-22,26,32-33H,2-14,18-20,23-25,27-29H2,1H3,(H2,37,38,40)/t32-,33+,47?/m1/s1. The first-order chi connectivity index (χ1) is 23.4. The Morgan fingerprint density at radius 1 is 0.875 bits per heavy atom. The number of hydrogen-bond acceptors (Lipinski definition) is 10. The minimum atomic E-state index is -3.91. The fraction of sp³-hybridized carbons (Fsp3) is 0.714. The Kier molecular flexibility index (Phi) is 20.6. The highest BCUT2D eigenvalue weighted by Gasteiger charge is 2.33. The van der Waals surface area contributed by atoms with Crippen molar-refractivity contribution in [1.29, 1.82) is 0 Å². The van der Waals surface area contributed by atoms with Crippen LogP contribution >= 0.6 is 19.6 Å². The van der Waals surface area contributed by atoms with E-state index >= 15 is 0 Å². The maximum Gasteiger partial charge on any atom is 0.475 e. The normalized spacial score (nSPS) is 17.5. The van der Waals surface area contributed by atoms with Crippen molar-refractivity contribution in [3.05, 3.63) is 58.4 Å². The molecule has 0 amide bonds. The molecule has 1 saturated heterocycles. The van der Waals surface area contributed by atoms with Gasteiger partial charge in [0.25, 0.3) is 0 Å². The third-order valence-electron chi connectivity index (χ3n) is 8.15. The van der Waals surface area contributed by atoms with Crippen molar-refractivity contribution >= 4 is 25.4 Å². The Labute approximate surface area is 290 Å². The first kappa shape index (κ1) is 40.6. The summed E-state index contributed by atoms with van der Waals surface area (Å²) in [5.41, 5.74) is 4.94. The van der Waals surface area contributed by atoms with E-state index in [9.17, 15) is 13.8 Å². The van der Waals surface area contributed by atoms with Crippen LogP contribution in [0.2, 0.25) is 0 Å². The average Bonchev–Trinajstić information content (AvgIpc) is 3.57. The lowest BCUT2D eigenvalue weighted by Crippen LogP contribution is -2.30.